The van der Waals surface area contributed by atoms with Gasteiger partial charge in [-0.25, -0.2) is 0 Å². The second-order valence-electron chi connectivity index (χ2n) is 5.21. The van der Waals surface area contributed by atoms with E-state index in [0.717, 1.165) is 18.2 Å². The number of hydrogen-bond donors (Lipinski definition) is 2. The van der Waals surface area contributed by atoms with Gasteiger partial charge in [-0.1, -0.05) is 30.3 Å². The molecule has 0 bridgehead atoms. The molecule has 0 spiro atoms. The van der Waals surface area contributed by atoms with Gasteiger partial charge in [0.1, 0.15) is 5.75 Å². The molecule has 0 aromatic heterocycles. The third kappa shape index (κ3) is 2.02. The third-order valence-electron chi connectivity index (χ3n) is 4.04. The molecule has 0 radical (unpaired) electrons. The highest BCUT2D eigenvalue weighted by atomic mass is 16.3. The summed E-state index contributed by atoms with van der Waals surface area (Å²) in [4.78, 5) is 14.4. The van der Waals surface area contributed by atoms with Gasteiger partial charge in [0.15, 0.2) is 0 Å². The lowest BCUT2D eigenvalue weighted by atomic mass is 10.0. The Morgan fingerprint density at radius 1 is 1.30 bits per heavy atom. The summed E-state index contributed by atoms with van der Waals surface area (Å²) in [6.07, 6.45) is 1.92. The molecule has 1 amide bonds. The highest BCUT2D eigenvalue weighted by Crippen LogP contribution is 2.31. The second kappa shape index (κ2) is 5.13. The minimum absolute atomic E-state index is 0.0655. The first kappa shape index (κ1) is 12.9. The van der Waals surface area contributed by atoms with Gasteiger partial charge in [0.25, 0.3) is 5.91 Å². The summed E-state index contributed by atoms with van der Waals surface area (Å²) in [7, 11) is 0. The molecule has 20 heavy (non-hydrogen) atoms. The van der Waals surface area contributed by atoms with E-state index in [1.165, 1.54) is 0 Å². The quantitative estimate of drug-likeness (QED) is 0.878. The van der Waals surface area contributed by atoms with Gasteiger partial charge in [0, 0.05) is 24.5 Å². The van der Waals surface area contributed by atoms with Crippen LogP contribution in [0.2, 0.25) is 0 Å². The Hall–Kier alpha value is -2.07. The molecule has 1 fully saturated rings. The molecular weight excluding hydrogens is 252 g/mol. The van der Waals surface area contributed by atoms with E-state index in [1.807, 2.05) is 30.3 Å². The number of carbonyl (C=O) groups is 1. The molecule has 1 aliphatic rings. The third-order valence-corrected chi connectivity index (χ3v) is 4.04. The lowest BCUT2D eigenvalue weighted by molar-refractivity contribution is 0.0738. The van der Waals surface area contributed by atoms with Crippen LogP contribution < -0.4 is 5.73 Å². The van der Waals surface area contributed by atoms with Crippen LogP contribution >= 0.6 is 0 Å². The molecular formula is C16H18N2O2. The van der Waals surface area contributed by atoms with Gasteiger partial charge in [-0.15, -0.1) is 0 Å². The minimum Gasteiger partial charge on any atom is -0.506 e. The SMILES string of the molecule is NCC1CCCN1C(=O)c1ccc2ccccc2c1O. The molecule has 2 aromatic carbocycles. The molecule has 1 saturated heterocycles. The molecule has 4 heteroatoms. The number of phenols is 1. The van der Waals surface area contributed by atoms with E-state index in [9.17, 15) is 9.90 Å². The smallest absolute Gasteiger partial charge is 0.257 e. The van der Waals surface area contributed by atoms with E-state index in [0.29, 0.717) is 24.0 Å². The number of amides is 1. The van der Waals surface area contributed by atoms with E-state index >= 15 is 0 Å². The maximum Gasteiger partial charge on any atom is 0.257 e. The number of hydrogen-bond acceptors (Lipinski definition) is 3. The zero-order valence-electron chi connectivity index (χ0n) is 11.2. The van der Waals surface area contributed by atoms with Crippen LogP contribution in [-0.4, -0.2) is 35.0 Å². The number of phenolic OH excluding ortho intramolecular Hbond substituents is 1. The fourth-order valence-electron chi connectivity index (χ4n) is 2.93. The molecule has 104 valence electrons. The standard InChI is InChI=1S/C16H18N2O2/c17-10-12-5-3-9-18(12)16(20)14-8-7-11-4-1-2-6-13(11)15(14)19/h1-2,4,6-8,12,19H,3,5,9-10,17H2. The van der Waals surface area contributed by atoms with Crippen molar-refractivity contribution in [1.29, 1.82) is 0 Å². The fraction of sp³-hybridized carbons (Fsp3) is 0.312. The molecule has 0 aliphatic carbocycles. The van der Waals surface area contributed by atoms with Crippen LogP contribution in [0.4, 0.5) is 0 Å². The average Bonchev–Trinajstić information content (AvgIpc) is 2.96. The van der Waals surface area contributed by atoms with Crippen LogP contribution in [0, 0.1) is 0 Å². The molecule has 4 nitrogen and oxygen atoms in total. The van der Waals surface area contributed by atoms with Crippen LogP contribution in [0.5, 0.6) is 5.75 Å². The second-order valence-corrected chi connectivity index (χ2v) is 5.21. The summed E-state index contributed by atoms with van der Waals surface area (Å²) in [5.41, 5.74) is 6.08. The molecule has 1 heterocycles. The first-order valence-electron chi connectivity index (χ1n) is 6.94. The molecule has 2 aromatic rings. The lowest BCUT2D eigenvalue weighted by Gasteiger charge is -2.24. The monoisotopic (exact) mass is 270 g/mol. The van der Waals surface area contributed by atoms with Crippen molar-refractivity contribution in [3.63, 3.8) is 0 Å². The van der Waals surface area contributed by atoms with Crippen molar-refractivity contribution in [3.8, 4) is 5.75 Å². The first-order valence-corrected chi connectivity index (χ1v) is 6.94. The normalized spacial score (nSPS) is 18.6. The Labute approximate surface area is 117 Å². The summed E-state index contributed by atoms with van der Waals surface area (Å²) >= 11 is 0. The van der Waals surface area contributed by atoms with E-state index in [-0.39, 0.29) is 17.7 Å². The lowest BCUT2D eigenvalue weighted by Crippen LogP contribution is -2.39. The van der Waals surface area contributed by atoms with Gasteiger partial charge in [-0.3, -0.25) is 4.79 Å². The maximum absolute atomic E-state index is 12.6. The summed E-state index contributed by atoms with van der Waals surface area (Å²) < 4.78 is 0. The predicted molar refractivity (Wildman–Crippen MR) is 78.7 cm³/mol. The highest BCUT2D eigenvalue weighted by Gasteiger charge is 2.29. The molecule has 0 saturated carbocycles. The minimum atomic E-state index is -0.124. The Morgan fingerprint density at radius 2 is 2.10 bits per heavy atom. The van der Waals surface area contributed by atoms with E-state index < -0.39 is 0 Å². The molecule has 1 unspecified atom stereocenters. The van der Waals surface area contributed by atoms with E-state index in [4.69, 9.17) is 5.73 Å². The number of carbonyl (C=O) groups excluding carboxylic acids is 1. The van der Waals surface area contributed by atoms with Gasteiger partial charge in [0.2, 0.25) is 0 Å². The highest BCUT2D eigenvalue weighted by molar-refractivity contribution is 6.03. The van der Waals surface area contributed by atoms with Gasteiger partial charge in [-0.05, 0) is 24.3 Å². The molecule has 1 aliphatic heterocycles. The Bertz CT molecular complexity index is 654. The van der Waals surface area contributed by atoms with Crippen LogP contribution in [0.25, 0.3) is 10.8 Å². The Kier molecular flexibility index (Phi) is 3.32. The van der Waals surface area contributed by atoms with Crippen LogP contribution in [0.15, 0.2) is 36.4 Å². The van der Waals surface area contributed by atoms with Crippen molar-refractivity contribution in [2.24, 2.45) is 5.73 Å². The summed E-state index contributed by atoms with van der Waals surface area (Å²) in [6, 6.07) is 11.2. The Morgan fingerprint density at radius 3 is 2.90 bits per heavy atom. The topological polar surface area (TPSA) is 66.6 Å². The van der Waals surface area contributed by atoms with Crippen LogP contribution in [0.1, 0.15) is 23.2 Å². The van der Waals surface area contributed by atoms with Crippen molar-refractivity contribution in [2.75, 3.05) is 13.1 Å². The van der Waals surface area contributed by atoms with Crippen LogP contribution in [-0.2, 0) is 0 Å². The maximum atomic E-state index is 12.6. The zero-order valence-corrected chi connectivity index (χ0v) is 11.2. The first-order chi connectivity index (χ1) is 9.72. The number of fused-ring (bicyclic) bond motifs is 1. The Balaban J connectivity index is 2.01. The van der Waals surface area contributed by atoms with E-state index in [1.54, 1.807) is 11.0 Å². The zero-order chi connectivity index (χ0) is 14.1. The molecule has 1 atom stereocenters. The summed E-state index contributed by atoms with van der Waals surface area (Å²) in [5.74, 6) is -0.0584. The number of nitrogens with two attached hydrogens (primary N) is 1. The van der Waals surface area contributed by atoms with Crippen molar-refractivity contribution < 1.29 is 9.90 Å². The van der Waals surface area contributed by atoms with Crippen molar-refractivity contribution in [3.05, 3.63) is 42.0 Å². The molecule has 3 N–H and O–H groups in total. The average molecular weight is 270 g/mol. The number of nitrogens with zero attached hydrogens (tertiary/aromatic N) is 1. The van der Waals surface area contributed by atoms with Gasteiger partial charge in [0.05, 0.1) is 5.56 Å². The number of rotatable bonds is 2. The molecule has 3 rings (SSSR count). The predicted octanol–water partition coefficient (Wildman–Crippen LogP) is 2.11. The van der Waals surface area contributed by atoms with Crippen molar-refractivity contribution in [2.45, 2.75) is 18.9 Å². The number of aromatic hydroxyl groups is 1. The number of likely N-dealkylation sites (tertiary alicyclic amines) is 1. The van der Waals surface area contributed by atoms with Crippen molar-refractivity contribution >= 4 is 16.7 Å². The fourth-order valence-corrected chi connectivity index (χ4v) is 2.93. The summed E-state index contributed by atoms with van der Waals surface area (Å²) in [5, 5.41) is 12.0. The van der Waals surface area contributed by atoms with Gasteiger partial charge >= 0.3 is 0 Å². The van der Waals surface area contributed by atoms with Gasteiger partial charge in [-0.2, -0.15) is 0 Å². The van der Waals surface area contributed by atoms with E-state index in [2.05, 4.69) is 0 Å². The van der Waals surface area contributed by atoms with Crippen LogP contribution in [0.3, 0.4) is 0 Å². The van der Waals surface area contributed by atoms with Gasteiger partial charge < -0.3 is 15.7 Å². The number of benzene rings is 2. The largest absolute Gasteiger partial charge is 0.506 e. The van der Waals surface area contributed by atoms with Crippen molar-refractivity contribution in [1.82, 2.24) is 4.90 Å². The summed E-state index contributed by atoms with van der Waals surface area (Å²) in [6.45, 7) is 1.19.